The number of fused-ring (bicyclic) bond motifs is 4. The third-order valence-corrected chi connectivity index (χ3v) is 4.38. The summed E-state index contributed by atoms with van der Waals surface area (Å²) in [6, 6.07) is 30.9. The van der Waals surface area contributed by atoms with Gasteiger partial charge in [0.2, 0.25) is 0 Å². The largest absolute Gasteiger partial charge is 1.00 e. The van der Waals surface area contributed by atoms with Crippen LogP contribution in [0.3, 0.4) is 0 Å². The molecule has 0 saturated carbocycles. The maximum atomic E-state index is 3.30. The number of halogens is 2. The second-order valence-electron chi connectivity index (χ2n) is 7.06. The third kappa shape index (κ3) is 7.11. The van der Waals surface area contributed by atoms with E-state index >= 15 is 0 Å². The molecule has 3 heteroatoms. The molecule has 0 aliphatic heterocycles. The van der Waals surface area contributed by atoms with E-state index in [-0.39, 0.29) is 24.8 Å². The van der Waals surface area contributed by atoms with Crippen LogP contribution in [0.4, 0.5) is 0 Å². The summed E-state index contributed by atoms with van der Waals surface area (Å²) < 4.78 is 1.51. The van der Waals surface area contributed by atoms with Crippen LogP contribution in [-0.4, -0.2) is 3.21 Å². The van der Waals surface area contributed by atoms with E-state index in [4.69, 9.17) is 0 Å². The smallest absolute Gasteiger partial charge is 0.0253 e. The molecule has 5 rings (SSSR count). The minimum Gasteiger partial charge on any atom is -1.00 e. The second-order valence-corrected chi connectivity index (χ2v) is 9.52. The first-order valence-corrected chi connectivity index (χ1v) is 10.5. The zero-order valence-electron chi connectivity index (χ0n) is 17.0. The zero-order chi connectivity index (χ0) is 19.2. The van der Waals surface area contributed by atoms with E-state index in [0.717, 1.165) is 6.42 Å². The Morgan fingerprint density at radius 3 is 2.24 bits per heavy atom. The summed E-state index contributed by atoms with van der Waals surface area (Å²) in [4.78, 5) is 0. The van der Waals surface area contributed by atoms with Gasteiger partial charge in [0.15, 0.2) is 0 Å². The van der Waals surface area contributed by atoms with Gasteiger partial charge in [0.1, 0.15) is 0 Å². The van der Waals surface area contributed by atoms with Crippen molar-refractivity contribution in [3.05, 3.63) is 102 Å². The summed E-state index contributed by atoms with van der Waals surface area (Å²) in [7, 11) is 0. The van der Waals surface area contributed by atoms with Crippen LogP contribution in [0.2, 0.25) is 0 Å². The zero-order valence-corrected chi connectivity index (χ0v) is 20.9. The van der Waals surface area contributed by atoms with Crippen LogP contribution in [0.15, 0.2) is 78.9 Å². The number of benzene rings is 3. The predicted molar refractivity (Wildman–Crippen MR) is 114 cm³/mol. The number of hydrogen-bond donors (Lipinski definition) is 0. The molecule has 0 nitrogen and oxygen atoms in total. The van der Waals surface area contributed by atoms with Gasteiger partial charge in [-0.1, -0.05) is 48.4 Å². The first kappa shape index (κ1) is 25.6. The van der Waals surface area contributed by atoms with Crippen LogP contribution in [0.25, 0.3) is 21.9 Å². The van der Waals surface area contributed by atoms with Crippen molar-refractivity contribution in [3.63, 3.8) is 0 Å². The van der Waals surface area contributed by atoms with Crippen molar-refractivity contribution in [1.82, 2.24) is 0 Å². The van der Waals surface area contributed by atoms with E-state index in [1.54, 1.807) is 24.2 Å². The Hall–Kier alpha value is -1.40. The first-order chi connectivity index (χ1) is 13.0. The quantitative estimate of drug-likeness (QED) is 0.276. The average Bonchev–Trinajstić information content (AvgIpc) is 3.21. The van der Waals surface area contributed by atoms with E-state index in [9.17, 15) is 0 Å². The van der Waals surface area contributed by atoms with E-state index in [2.05, 4.69) is 99.6 Å². The summed E-state index contributed by atoms with van der Waals surface area (Å²) in [5.41, 5.74) is 6.86. The molecule has 0 amide bonds. The molecule has 0 radical (unpaired) electrons. The van der Waals surface area contributed by atoms with Crippen molar-refractivity contribution in [1.29, 1.82) is 0 Å². The molecule has 4 aromatic carbocycles. The van der Waals surface area contributed by atoms with E-state index in [1.807, 2.05) is 6.07 Å². The monoisotopic (exact) mass is 496 g/mol. The van der Waals surface area contributed by atoms with Crippen LogP contribution in [0, 0.1) is 13.0 Å². The van der Waals surface area contributed by atoms with Gasteiger partial charge in [-0.25, -0.2) is 0 Å². The fourth-order valence-electron chi connectivity index (χ4n) is 3.30. The summed E-state index contributed by atoms with van der Waals surface area (Å²) in [6.45, 7) is 6.37. The Balaban J connectivity index is 0.000000237. The molecule has 0 unspecified atom stereocenters. The van der Waals surface area contributed by atoms with Crippen LogP contribution in [0.1, 0.15) is 30.5 Å². The number of rotatable bonds is 0. The van der Waals surface area contributed by atoms with Crippen LogP contribution >= 0.6 is 0 Å². The summed E-state index contributed by atoms with van der Waals surface area (Å²) in [6.07, 6.45) is 1.05. The van der Waals surface area contributed by atoms with Gasteiger partial charge in [0, 0.05) is 0 Å². The molecule has 0 spiro atoms. The van der Waals surface area contributed by atoms with Crippen molar-refractivity contribution in [2.75, 3.05) is 0 Å². The van der Waals surface area contributed by atoms with Crippen LogP contribution in [-0.2, 0) is 30.7 Å². The maximum Gasteiger partial charge on any atom is -0.0253 e. The Bertz CT molecular complexity index is 982. The molecule has 0 saturated heterocycles. The topological polar surface area (TPSA) is 0 Å². The normalized spacial score (nSPS) is 10.1. The molecule has 4 aromatic rings. The Morgan fingerprint density at radius 2 is 1.52 bits per heavy atom. The van der Waals surface area contributed by atoms with E-state index in [1.165, 1.54) is 41.8 Å². The average molecular weight is 499 g/mol. The molecule has 0 bridgehead atoms. The molecule has 0 N–H and O–H groups in total. The molecular formula is C26H24Cl2Zr-2. The van der Waals surface area contributed by atoms with Gasteiger partial charge >= 0.3 is 41.3 Å². The third-order valence-electron chi connectivity index (χ3n) is 4.38. The van der Waals surface area contributed by atoms with Crippen LogP contribution in [0.5, 0.6) is 0 Å². The van der Waals surface area contributed by atoms with Crippen molar-refractivity contribution < 1.29 is 49.0 Å². The molecule has 0 fully saturated rings. The summed E-state index contributed by atoms with van der Waals surface area (Å²) in [5.74, 6) is 0. The van der Waals surface area contributed by atoms with Crippen LogP contribution < -0.4 is 24.8 Å². The van der Waals surface area contributed by atoms with Crippen molar-refractivity contribution >= 4 is 14.0 Å². The van der Waals surface area contributed by atoms with Gasteiger partial charge in [-0.05, 0) is 6.42 Å². The van der Waals surface area contributed by atoms with E-state index < -0.39 is 0 Å². The predicted octanol–water partition coefficient (Wildman–Crippen LogP) is 0.679. The molecule has 0 atom stereocenters. The molecule has 1 aliphatic carbocycles. The van der Waals surface area contributed by atoms with Gasteiger partial charge < -0.3 is 24.8 Å². The first-order valence-electron chi connectivity index (χ1n) is 9.26. The molecule has 0 aromatic heterocycles. The van der Waals surface area contributed by atoms with Gasteiger partial charge in [-0.15, -0.1) is 46.2 Å². The van der Waals surface area contributed by atoms with Crippen molar-refractivity contribution in [2.24, 2.45) is 0 Å². The van der Waals surface area contributed by atoms with Gasteiger partial charge in [-0.2, -0.15) is 35.9 Å². The van der Waals surface area contributed by atoms with Gasteiger partial charge in [-0.3, -0.25) is 0 Å². The van der Waals surface area contributed by atoms with Gasteiger partial charge in [0.05, 0.1) is 0 Å². The fraction of sp³-hybridized carbons (Fsp3) is 0.154. The SMILES string of the molecule is C[C](C)=[Zr+2].Cc1cc2ccccc2[cH-]1.[Cl-].[Cl-].[c-]1cccc2c1Cc1ccccc1-2. The Morgan fingerprint density at radius 1 is 0.897 bits per heavy atom. The van der Waals surface area contributed by atoms with E-state index in [0.29, 0.717) is 0 Å². The minimum atomic E-state index is 0. The number of hydrogen-bond acceptors (Lipinski definition) is 0. The Kier molecular flexibility index (Phi) is 10.9. The minimum absolute atomic E-state index is 0. The molecule has 0 heterocycles. The van der Waals surface area contributed by atoms with Crippen molar-refractivity contribution in [2.45, 2.75) is 27.2 Å². The molecular weight excluding hydrogens is 474 g/mol. The number of aryl methyl sites for hydroxylation is 1. The Labute approximate surface area is 201 Å². The van der Waals surface area contributed by atoms with Gasteiger partial charge in [0.25, 0.3) is 0 Å². The molecule has 1 aliphatic rings. The standard InChI is InChI=1S/C13H9.C10H9.C3H6.2ClH.Zr/c1-3-7-12-10(5-1)9-11-6-2-4-8-13(11)12;1-8-6-9-4-2-3-5-10(9)7-8;1-3-2;;;/h1-5,7-8H,9H2;2-7H,1H3;1-2H3;2*1H;/q2*-1;;;;+2/p-2. The summed E-state index contributed by atoms with van der Waals surface area (Å²) >= 11 is 1.55. The maximum absolute atomic E-state index is 3.30. The molecule has 29 heavy (non-hydrogen) atoms. The second kappa shape index (κ2) is 12.3. The summed E-state index contributed by atoms with van der Waals surface area (Å²) in [5, 5.41) is 2.69. The molecule has 148 valence electrons. The fourth-order valence-corrected chi connectivity index (χ4v) is 3.30. The van der Waals surface area contributed by atoms with Crippen molar-refractivity contribution in [3.8, 4) is 11.1 Å².